The minimum Gasteiger partial charge on any atom is -0.465 e. The predicted molar refractivity (Wildman–Crippen MR) is 65.7 cm³/mol. The van der Waals surface area contributed by atoms with Crippen LogP contribution in [0.5, 0.6) is 0 Å². The number of nitrogens with one attached hydrogen (secondary N) is 1. The summed E-state index contributed by atoms with van der Waals surface area (Å²) in [5.41, 5.74) is 0.565. The van der Waals surface area contributed by atoms with Crippen molar-refractivity contribution in [1.82, 2.24) is 5.32 Å². The first-order valence-corrected chi connectivity index (χ1v) is 6.21. The number of esters is 1. The second-order valence-corrected chi connectivity index (χ2v) is 4.86. The van der Waals surface area contributed by atoms with Crippen LogP contribution in [0, 0.1) is 5.82 Å². The van der Waals surface area contributed by atoms with Crippen LogP contribution in [-0.2, 0) is 4.74 Å². The Hall–Kier alpha value is -0.940. The number of carbonyl (C=O) groups excluding carboxylic acids is 1. The van der Waals surface area contributed by atoms with Gasteiger partial charge in [0.15, 0.2) is 0 Å². The maximum absolute atomic E-state index is 14.3. The maximum atomic E-state index is 14.3. The van der Waals surface area contributed by atoms with E-state index >= 15 is 0 Å². The zero-order chi connectivity index (χ0) is 12.4. The molecule has 1 aliphatic rings. The molecule has 5 heteroatoms. The number of methoxy groups -OCH3 is 1. The van der Waals surface area contributed by atoms with E-state index in [1.165, 1.54) is 7.11 Å². The molecule has 0 amide bonds. The number of ether oxygens (including phenoxy) is 1. The molecule has 1 N–H and O–H groups in total. The largest absolute Gasteiger partial charge is 0.465 e. The van der Waals surface area contributed by atoms with Gasteiger partial charge < -0.3 is 10.1 Å². The van der Waals surface area contributed by atoms with Crippen molar-refractivity contribution in [1.29, 1.82) is 0 Å². The number of carbonyl (C=O) groups is 1. The lowest BCUT2D eigenvalue weighted by atomic mass is 9.96. The molecular weight excluding hydrogens is 289 g/mol. The van der Waals surface area contributed by atoms with Gasteiger partial charge in [-0.2, -0.15) is 0 Å². The lowest BCUT2D eigenvalue weighted by Gasteiger charge is -2.13. The first-order valence-electron chi connectivity index (χ1n) is 5.42. The average Bonchev–Trinajstić information content (AvgIpc) is 2.82. The molecule has 0 aromatic heterocycles. The van der Waals surface area contributed by atoms with Gasteiger partial charge in [-0.25, -0.2) is 9.18 Å². The summed E-state index contributed by atoms with van der Waals surface area (Å²) in [6.45, 7) is 1.63. The first kappa shape index (κ1) is 12.5. The van der Waals surface area contributed by atoms with E-state index in [-0.39, 0.29) is 11.5 Å². The summed E-state index contributed by atoms with van der Waals surface area (Å²) in [5, 5.41) is 3.18. The molecule has 92 valence electrons. The van der Waals surface area contributed by atoms with Crippen LogP contribution in [0.1, 0.15) is 28.3 Å². The van der Waals surface area contributed by atoms with E-state index in [9.17, 15) is 9.18 Å². The third kappa shape index (κ3) is 2.35. The van der Waals surface area contributed by atoms with E-state index in [0.717, 1.165) is 19.5 Å². The van der Waals surface area contributed by atoms with Gasteiger partial charge in [-0.05, 0) is 40.5 Å². The van der Waals surface area contributed by atoms with Crippen molar-refractivity contribution in [3.63, 3.8) is 0 Å². The Labute approximate surface area is 107 Å². The fourth-order valence-corrected chi connectivity index (χ4v) is 2.56. The van der Waals surface area contributed by atoms with Crippen molar-refractivity contribution in [2.75, 3.05) is 20.2 Å². The highest BCUT2D eigenvalue weighted by Gasteiger charge is 2.25. The molecule has 0 radical (unpaired) electrons. The van der Waals surface area contributed by atoms with Crippen molar-refractivity contribution in [2.45, 2.75) is 12.3 Å². The summed E-state index contributed by atoms with van der Waals surface area (Å²) < 4.78 is 19.3. The van der Waals surface area contributed by atoms with Crippen LogP contribution in [-0.4, -0.2) is 26.2 Å². The molecule has 3 nitrogen and oxygen atoms in total. The third-order valence-electron chi connectivity index (χ3n) is 3.01. The summed E-state index contributed by atoms with van der Waals surface area (Å²) in [5.74, 6) is -0.992. The molecule has 1 saturated heterocycles. The highest BCUT2D eigenvalue weighted by molar-refractivity contribution is 9.10. The molecule has 0 spiro atoms. The van der Waals surface area contributed by atoms with Crippen LogP contribution in [0.3, 0.4) is 0 Å². The van der Waals surface area contributed by atoms with Gasteiger partial charge in [0.25, 0.3) is 0 Å². The van der Waals surface area contributed by atoms with E-state index in [1.54, 1.807) is 12.1 Å². The molecule has 1 atom stereocenters. The molecule has 0 aliphatic carbocycles. The Morgan fingerprint density at radius 1 is 1.59 bits per heavy atom. The van der Waals surface area contributed by atoms with Gasteiger partial charge in [-0.1, -0.05) is 6.07 Å². The van der Waals surface area contributed by atoms with Gasteiger partial charge in [0.1, 0.15) is 11.4 Å². The molecule has 1 aromatic rings. The summed E-state index contributed by atoms with van der Waals surface area (Å²) in [7, 11) is 1.25. The second-order valence-electron chi connectivity index (χ2n) is 4.01. The van der Waals surface area contributed by atoms with Crippen molar-refractivity contribution < 1.29 is 13.9 Å². The Kier molecular flexibility index (Phi) is 3.79. The quantitative estimate of drug-likeness (QED) is 0.853. The Balaban J connectivity index is 2.45. The van der Waals surface area contributed by atoms with Crippen LogP contribution in [0.25, 0.3) is 0 Å². The van der Waals surface area contributed by atoms with Crippen molar-refractivity contribution in [2.24, 2.45) is 0 Å². The molecule has 17 heavy (non-hydrogen) atoms. The number of benzene rings is 1. The molecule has 2 rings (SSSR count). The first-order chi connectivity index (χ1) is 8.15. The second kappa shape index (κ2) is 5.14. The van der Waals surface area contributed by atoms with Gasteiger partial charge in [-0.3, -0.25) is 0 Å². The zero-order valence-corrected chi connectivity index (χ0v) is 11.0. The van der Waals surface area contributed by atoms with E-state index in [4.69, 9.17) is 0 Å². The van der Waals surface area contributed by atoms with Crippen molar-refractivity contribution >= 4 is 21.9 Å². The number of rotatable bonds is 2. The molecule has 0 bridgehead atoms. The highest BCUT2D eigenvalue weighted by Crippen LogP contribution is 2.30. The Morgan fingerprint density at radius 2 is 2.35 bits per heavy atom. The minimum atomic E-state index is -0.651. The summed E-state index contributed by atoms with van der Waals surface area (Å²) >= 11 is 3.17. The Bertz CT molecular complexity index is 444. The maximum Gasteiger partial charge on any atom is 0.342 e. The molecule has 1 aliphatic heterocycles. The summed E-state index contributed by atoms with van der Waals surface area (Å²) in [6, 6.07) is 3.42. The predicted octanol–water partition coefficient (Wildman–Crippen LogP) is 2.45. The normalized spacial score (nSPS) is 19.4. The SMILES string of the molecule is COC(=O)c1c(Br)ccc(C2CCNC2)c1F. The smallest absolute Gasteiger partial charge is 0.342 e. The van der Waals surface area contributed by atoms with E-state index in [0.29, 0.717) is 10.0 Å². The molecule has 1 aromatic carbocycles. The van der Waals surface area contributed by atoms with Crippen LogP contribution in [0.15, 0.2) is 16.6 Å². The van der Waals surface area contributed by atoms with Gasteiger partial charge >= 0.3 is 5.97 Å². The molecule has 1 fully saturated rings. The van der Waals surface area contributed by atoms with Gasteiger partial charge in [0, 0.05) is 16.9 Å². The Morgan fingerprint density at radius 3 is 2.94 bits per heavy atom. The van der Waals surface area contributed by atoms with Gasteiger partial charge in [0.2, 0.25) is 0 Å². The third-order valence-corrected chi connectivity index (χ3v) is 3.67. The van der Waals surface area contributed by atoms with Crippen LogP contribution in [0.2, 0.25) is 0 Å². The van der Waals surface area contributed by atoms with Crippen LogP contribution in [0.4, 0.5) is 4.39 Å². The van der Waals surface area contributed by atoms with Crippen molar-refractivity contribution in [3.8, 4) is 0 Å². The number of halogens is 2. The number of hydrogen-bond donors (Lipinski definition) is 1. The van der Waals surface area contributed by atoms with E-state index < -0.39 is 11.8 Å². The lowest BCUT2D eigenvalue weighted by molar-refractivity contribution is 0.0594. The summed E-state index contributed by atoms with van der Waals surface area (Å²) in [6.07, 6.45) is 0.888. The fraction of sp³-hybridized carbons (Fsp3) is 0.417. The molecule has 1 heterocycles. The summed E-state index contributed by atoms with van der Waals surface area (Å²) in [4.78, 5) is 11.5. The molecule has 1 unspecified atom stereocenters. The molecular formula is C12H13BrFNO2. The topological polar surface area (TPSA) is 38.3 Å². The highest BCUT2D eigenvalue weighted by atomic mass is 79.9. The lowest BCUT2D eigenvalue weighted by Crippen LogP contribution is -2.12. The standard InChI is InChI=1S/C12H13BrFNO2/c1-17-12(16)10-9(13)3-2-8(11(10)14)7-4-5-15-6-7/h2-3,7,15H,4-6H2,1H3. The molecule has 0 saturated carbocycles. The zero-order valence-electron chi connectivity index (χ0n) is 9.43. The van der Waals surface area contributed by atoms with E-state index in [1.807, 2.05) is 0 Å². The number of hydrogen-bond acceptors (Lipinski definition) is 3. The van der Waals surface area contributed by atoms with E-state index in [2.05, 4.69) is 26.0 Å². The minimum absolute atomic E-state index is 0.0168. The van der Waals surface area contributed by atoms with Crippen LogP contribution >= 0.6 is 15.9 Å². The monoisotopic (exact) mass is 301 g/mol. The van der Waals surface area contributed by atoms with Gasteiger partial charge in [0.05, 0.1) is 7.11 Å². The van der Waals surface area contributed by atoms with Gasteiger partial charge in [-0.15, -0.1) is 0 Å². The van der Waals surface area contributed by atoms with Crippen LogP contribution < -0.4 is 5.32 Å². The van der Waals surface area contributed by atoms with Crippen molar-refractivity contribution in [3.05, 3.63) is 33.5 Å². The fourth-order valence-electron chi connectivity index (χ4n) is 2.09. The average molecular weight is 302 g/mol.